The summed E-state index contributed by atoms with van der Waals surface area (Å²) in [7, 11) is 0. The van der Waals surface area contributed by atoms with Gasteiger partial charge in [-0.3, -0.25) is 4.90 Å². The van der Waals surface area contributed by atoms with E-state index in [1.54, 1.807) is 0 Å². The Hall–Kier alpha value is -0.680. The van der Waals surface area contributed by atoms with Crippen LogP contribution in [0.4, 0.5) is 5.00 Å². The summed E-state index contributed by atoms with van der Waals surface area (Å²) in [5.74, 6) is 0.822. The number of hydrogen-bond acceptors (Lipinski definition) is 5. The van der Waals surface area contributed by atoms with Crippen molar-refractivity contribution in [3.63, 3.8) is 0 Å². The third-order valence-corrected chi connectivity index (χ3v) is 3.93. The van der Waals surface area contributed by atoms with Crippen molar-refractivity contribution >= 4 is 16.5 Å². The van der Waals surface area contributed by atoms with Crippen LogP contribution in [0.25, 0.3) is 0 Å². The lowest BCUT2D eigenvalue weighted by molar-refractivity contribution is 0.175. The topological polar surface area (TPSA) is 41.1 Å². The molecule has 5 heteroatoms. The Morgan fingerprint density at radius 3 is 3.18 bits per heavy atom. The van der Waals surface area contributed by atoms with Gasteiger partial charge < -0.3 is 5.32 Å². The van der Waals surface area contributed by atoms with Crippen molar-refractivity contribution in [2.75, 3.05) is 25.0 Å². The van der Waals surface area contributed by atoms with Crippen LogP contribution in [0.2, 0.25) is 0 Å². The molecule has 1 aliphatic rings. The van der Waals surface area contributed by atoms with Gasteiger partial charge in [0.2, 0.25) is 0 Å². The molecule has 1 aromatic heterocycles. The van der Waals surface area contributed by atoms with E-state index in [2.05, 4.69) is 33.7 Å². The number of anilines is 1. The molecule has 0 amide bonds. The van der Waals surface area contributed by atoms with Gasteiger partial charge in [-0.1, -0.05) is 18.3 Å². The number of piperidine rings is 1. The fourth-order valence-electron chi connectivity index (χ4n) is 2.33. The lowest BCUT2D eigenvalue weighted by atomic mass is 10.0. The summed E-state index contributed by atoms with van der Waals surface area (Å²) < 4.78 is 4.06. The first kappa shape index (κ1) is 12.8. The van der Waals surface area contributed by atoms with Crippen molar-refractivity contribution in [2.24, 2.45) is 5.92 Å². The van der Waals surface area contributed by atoms with Crippen LogP contribution in [0.15, 0.2) is 0 Å². The highest BCUT2D eigenvalue weighted by Crippen LogP contribution is 2.22. The van der Waals surface area contributed by atoms with E-state index in [1.807, 2.05) is 0 Å². The van der Waals surface area contributed by atoms with Gasteiger partial charge in [0.1, 0.15) is 10.7 Å². The summed E-state index contributed by atoms with van der Waals surface area (Å²) in [6, 6.07) is 0. The van der Waals surface area contributed by atoms with E-state index in [9.17, 15) is 0 Å². The summed E-state index contributed by atoms with van der Waals surface area (Å²) in [5, 5.41) is 8.82. The van der Waals surface area contributed by atoms with E-state index in [0.717, 1.165) is 36.1 Å². The molecule has 1 unspecified atom stereocenters. The van der Waals surface area contributed by atoms with Crippen molar-refractivity contribution in [3.05, 3.63) is 5.69 Å². The predicted molar refractivity (Wildman–Crippen MR) is 72.4 cm³/mol. The van der Waals surface area contributed by atoms with Gasteiger partial charge in [-0.2, -0.15) is 0 Å². The average molecular weight is 254 g/mol. The fraction of sp³-hybridized carbons (Fsp3) is 0.833. The van der Waals surface area contributed by atoms with Gasteiger partial charge in [0, 0.05) is 31.2 Å². The van der Waals surface area contributed by atoms with Gasteiger partial charge >= 0.3 is 0 Å². The molecule has 0 spiro atoms. The van der Waals surface area contributed by atoms with Gasteiger partial charge in [0.25, 0.3) is 0 Å². The summed E-state index contributed by atoms with van der Waals surface area (Å²) in [6.07, 6.45) is 3.82. The van der Waals surface area contributed by atoms with Gasteiger partial charge in [-0.15, -0.1) is 5.10 Å². The third-order valence-electron chi connectivity index (χ3n) is 3.21. The van der Waals surface area contributed by atoms with Crippen molar-refractivity contribution in [3.8, 4) is 0 Å². The van der Waals surface area contributed by atoms with Gasteiger partial charge in [0.05, 0.1) is 0 Å². The maximum absolute atomic E-state index is 4.25. The molecule has 1 N–H and O–H groups in total. The minimum atomic E-state index is 0.822. The average Bonchev–Trinajstić information content (AvgIpc) is 2.74. The van der Waals surface area contributed by atoms with Crippen LogP contribution in [0.1, 0.15) is 38.8 Å². The molecule has 4 nitrogen and oxygen atoms in total. The van der Waals surface area contributed by atoms with Crippen molar-refractivity contribution in [1.29, 1.82) is 0 Å². The predicted octanol–water partition coefficient (Wildman–Crippen LogP) is 2.59. The lowest BCUT2D eigenvalue weighted by Crippen LogP contribution is -2.34. The maximum atomic E-state index is 4.25. The van der Waals surface area contributed by atoms with E-state index < -0.39 is 0 Å². The van der Waals surface area contributed by atoms with Crippen LogP contribution in [-0.2, 0) is 6.54 Å². The van der Waals surface area contributed by atoms with E-state index in [4.69, 9.17) is 0 Å². The molecule has 1 fully saturated rings. The highest BCUT2D eigenvalue weighted by atomic mass is 32.1. The van der Waals surface area contributed by atoms with Crippen LogP contribution < -0.4 is 5.32 Å². The van der Waals surface area contributed by atoms with Crippen molar-refractivity contribution in [1.82, 2.24) is 14.5 Å². The molecule has 0 saturated carbocycles. The number of nitrogens with zero attached hydrogens (tertiary/aromatic N) is 3. The number of rotatable bonds is 5. The third kappa shape index (κ3) is 3.64. The highest BCUT2D eigenvalue weighted by molar-refractivity contribution is 7.10. The van der Waals surface area contributed by atoms with Crippen LogP contribution in [0.5, 0.6) is 0 Å². The number of aromatic nitrogens is 2. The minimum Gasteiger partial charge on any atom is -0.374 e. The molecule has 96 valence electrons. The zero-order valence-corrected chi connectivity index (χ0v) is 11.6. The SMILES string of the molecule is CCCNc1snnc1CN1CCCC(C)C1. The molecule has 1 atom stereocenters. The first-order chi connectivity index (χ1) is 8.29. The molecule has 1 aliphatic heterocycles. The Morgan fingerprint density at radius 1 is 1.53 bits per heavy atom. The summed E-state index contributed by atoms with van der Waals surface area (Å²) in [5.41, 5.74) is 1.12. The first-order valence-corrected chi connectivity index (χ1v) is 7.34. The van der Waals surface area contributed by atoms with E-state index in [0.29, 0.717) is 0 Å². The molecule has 17 heavy (non-hydrogen) atoms. The molecule has 1 saturated heterocycles. The normalized spacial score (nSPS) is 21.6. The van der Waals surface area contributed by atoms with Crippen LogP contribution in [-0.4, -0.2) is 34.1 Å². The second kappa shape index (κ2) is 6.31. The largest absolute Gasteiger partial charge is 0.374 e. The lowest BCUT2D eigenvalue weighted by Gasteiger charge is -2.30. The second-order valence-electron chi connectivity index (χ2n) is 4.96. The summed E-state index contributed by atoms with van der Waals surface area (Å²) >= 11 is 1.48. The quantitative estimate of drug-likeness (QED) is 0.877. The Kier molecular flexibility index (Phi) is 4.74. The molecule has 0 aromatic carbocycles. The Morgan fingerprint density at radius 2 is 2.41 bits per heavy atom. The first-order valence-electron chi connectivity index (χ1n) is 6.57. The number of likely N-dealkylation sites (tertiary alicyclic amines) is 1. The molecule has 1 aromatic rings. The fourth-order valence-corrected chi connectivity index (χ4v) is 2.93. The van der Waals surface area contributed by atoms with E-state index in [-0.39, 0.29) is 0 Å². The highest BCUT2D eigenvalue weighted by Gasteiger charge is 2.18. The van der Waals surface area contributed by atoms with Crippen LogP contribution >= 0.6 is 11.5 Å². The molecular weight excluding hydrogens is 232 g/mol. The zero-order valence-electron chi connectivity index (χ0n) is 10.8. The monoisotopic (exact) mass is 254 g/mol. The molecule has 0 radical (unpaired) electrons. The Labute approximate surface area is 108 Å². The van der Waals surface area contributed by atoms with Gasteiger partial charge in [0.15, 0.2) is 0 Å². The number of nitrogens with one attached hydrogen (secondary N) is 1. The second-order valence-corrected chi connectivity index (χ2v) is 5.71. The smallest absolute Gasteiger partial charge is 0.134 e. The maximum Gasteiger partial charge on any atom is 0.134 e. The molecule has 2 rings (SSSR count). The van der Waals surface area contributed by atoms with Crippen molar-refractivity contribution < 1.29 is 0 Å². The van der Waals surface area contributed by atoms with Crippen LogP contribution in [0, 0.1) is 5.92 Å². The Balaban J connectivity index is 1.91. The molecule has 0 aliphatic carbocycles. The summed E-state index contributed by atoms with van der Waals surface area (Å²) in [4.78, 5) is 2.50. The van der Waals surface area contributed by atoms with E-state index >= 15 is 0 Å². The van der Waals surface area contributed by atoms with E-state index in [1.165, 1.54) is 37.5 Å². The summed E-state index contributed by atoms with van der Waals surface area (Å²) in [6.45, 7) is 8.87. The Bertz CT molecular complexity index is 339. The van der Waals surface area contributed by atoms with Crippen LogP contribution in [0.3, 0.4) is 0 Å². The van der Waals surface area contributed by atoms with Gasteiger partial charge in [-0.05, 0) is 31.7 Å². The molecule has 0 bridgehead atoms. The molecule has 2 heterocycles. The van der Waals surface area contributed by atoms with Gasteiger partial charge in [-0.25, -0.2) is 0 Å². The minimum absolute atomic E-state index is 0.822. The van der Waals surface area contributed by atoms with Crippen molar-refractivity contribution in [2.45, 2.75) is 39.7 Å². The standard InChI is InChI=1S/C12H22N4S/c1-3-6-13-12-11(14-15-17-12)9-16-7-4-5-10(2)8-16/h10,13H,3-9H2,1-2H3. The molecular formula is C12H22N4S. The number of hydrogen-bond donors (Lipinski definition) is 1. The zero-order chi connectivity index (χ0) is 12.1.